The minimum atomic E-state index is 1.22. The Morgan fingerprint density at radius 1 is 0.185 bits per heavy atom. The standard InChI is InChI=1S/C54H34/c1-3-17-41-36(14-1)16-13-27-47(41)54-50-25-11-9-23-48(50)53(49-24-10-12-26-51(49)54)39-31-29-35-28-30-38(32-40(35)33-39)43-19-5-6-21-45(43)52-34-37-15-2-4-18-42(37)44-20-7-8-22-46(44)52/h1-34H. The third kappa shape index (κ3) is 4.78. The molecule has 0 bridgehead atoms. The summed E-state index contributed by atoms with van der Waals surface area (Å²) in [5.41, 5.74) is 10.0. The SMILES string of the molecule is c1ccc(-c2cc3ccccc3c3ccccc23)c(-c2ccc3ccc(-c4c5ccccc5c(-c5cccc6ccccc56)c5ccccc45)cc3c2)c1. The topological polar surface area (TPSA) is 0 Å². The van der Waals surface area contributed by atoms with Crippen LogP contribution >= 0.6 is 0 Å². The van der Waals surface area contributed by atoms with Gasteiger partial charge in [-0.2, -0.15) is 0 Å². The highest BCUT2D eigenvalue weighted by molar-refractivity contribution is 6.24. The van der Waals surface area contributed by atoms with E-state index in [-0.39, 0.29) is 0 Å². The fraction of sp³-hybridized carbons (Fsp3) is 0. The molecule has 0 radical (unpaired) electrons. The minimum Gasteiger partial charge on any atom is -0.0616 e. The van der Waals surface area contributed by atoms with E-state index < -0.39 is 0 Å². The highest BCUT2D eigenvalue weighted by Gasteiger charge is 2.19. The number of rotatable bonds is 4. The summed E-state index contributed by atoms with van der Waals surface area (Å²) in [5.74, 6) is 0. The van der Waals surface area contributed by atoms with Crippen LogP contribution in [0.25, 0.3) is 109 Å². The van der Waals surface area contributed by atoms with E-state index in [4.69, 9.17) is 0 Å². The third-order valence-corrected chi connectivity index (χ3v) is 11.4. The second kappa shape index (κ2) is 12.3. The summed E-state index contributed by atoms with van der Waals surface area (Å²) in [7, 11) is 0. The number of benzene rings is 11. The molecular formula is C54H34. The lowest BCUT2D eigenvalue weighted by atomic mass is 9.84. The van der Waals surface area contributed by atoms with Crippen molar-refractivity contribution in [2.24, 2.45) is 0 Å². The Morgan fingerprint density at radius 2 is 0.667 bits per heavy atom. The van der Waals surface area contributed by atoms with Crippen molar-refractivity contribution in [2.45, 2.75) is 0 Å². The number of hydrogen-bond acceptors (Lipinski definition) is 0. The van der Waals surface area contributed by atoms with Gasteiger partial charge in [-0.3, -0.25) is 0 Å². The minimum absolute atomic E-state index is 1.22. The van der Waals surface area contributed by atoms with Crippen molar-refractivity contribution >= 4 is 64.6 Å². The molecule has 0 aliphatic rings. The Bertz CT molecular complexity index is 3210. The van der Waals surface area contributed by atoms with Crippen LogP contribution in [0.1, 0.15) is 0 Å². The average Bonchev–Trinajstić information content (AvgIpc) is 3.24. The van der Waals surface area contributed by atoms with E-state index >= 15 is 0 Å². The Hall–Kier alpha value is -7.02. The predicted octanol–water partition coefficient (Wildman–Crippen LogP) is 15.3. The van der Waals surface area contributed by atoms with E-state index in [0.29, 0.717) is 0 Å². The molecule has 0 unspecified atom stereocenters. The molecule has 11 aromatic rings. The summed E-state index contributed by atoms with van der Waals surface area (Å²) in [5, 5.41) is 15.2. The molecular weight excluding hydrogens is 649 g/mol. The molecule has 11 aromatic carbocycles. The van der Waals surface area contributed by atoms with Crippen LogP contribution in [0.4, 0.5) is 0 Å². The van der Waals surface area contributed by atoms with E-state index in [0.717, 1.165) is 0 Å². The lowest BCUT2D eigenvalue weighted by Crippen LogP contribution is -1.92. The molecule has 11 rings (SSSR count). The lowest BCUT2D eigenvalue weighted by molar-refractivity contribution is 1.62. The molecule has 54 heavy (non-hydrogen) atoms. The van der Waals surface area contributed by atoms with Gasteiger partial charge in [0, 0.05) is 0 Å². The normalized spacial score (nSPS) is 11.7. The highest BCUT2D eigenvalue weighted by Crippen LogP contribution is 2.46. The van der Waals surface area contributed by atoms with Gasteiger partial charge in [-0.1, -0.05) is 188 Å². The largest absolute Gasteiger partial charge is 0.0616 e. The van der Waals surface area contributed by atoms with Gasteiger partial charge in [-0.05, 0) is 127 Å². The molecule has 0 nitrogen and oxygen atoms in total. The summed E-state index contributed by atoms with van der Waals surface area (Å²) in [6.45, 7) is 0. The van der Waals surface area contributed by atoms with Crippen LogP contribution in [0.5, 0.6) is 0 Å². The molecule has 0 aliphatic heterocycles. The number of hydrogen-bond donors (Lipinski definition) is 0. The maximum absolute atomic E-state index is 2.40. The zero-order valence-electron chi connectivity index (χ0n) is 29.6. The molecule has 0 saturated carbocycles. The highest BCUT2D eigenvalue weighted by atomic mass is 14.2. The zero-order valence-corrected chi connectivity index (χ0v) is 29.6. The van der Waals surface area contributed by atoms with Crippen molar-refractivity contribution in [1.82, 2.24) is 0 Å². The molecule has 0 fully saturated rings. The van der Waals surface area contributed by atoms with Gasteiger partial charge in [-0.15, -0.1) is 0 Å². The van der Waals surface area contributed by atoms with Crippen LogP contribution in [-0.2, 0) is 0 Å². The Balaban J connectivity index is 1.12. The van der Waals surface area contributed by atoms with Crippen LogP contribution in [0.15, 0.2) is 206 Å². The smallest absolute Gasteiger partial charge is 0.00201 e. The van der Waals surface area contributed by atoms with Crippen molar-refractivity contribution in [3.63, 3.8) is 0 Å². The van der Waals surface area contributed by atoms with Gasteiger partial charge >= 0.3 is 0 Å². The quantitative estimate of drug-likeness (QED) is 0.128. The van der Waals surface area contributed by atoms with Gasteiger partial charge < -0.3 is 0 Å². The molecule has 0 saturated heterocycles. The van der Waals surface area contributed by atoms with Crippen LogP contribution in [-0.4, -0.2) is 0 Å². The summed E-state index contributed by atoms with van der Waals surface area (Å²) < 4.78 is 0. The van der Waals surface area contributed by atoms with Gasteiger partial charge in [0.2, 0.25) is 0 Å². The van der Waals surface area contributed by atoms with Gasteiger partial charge in [0.15, 0.2) is 0 Å². The maximum Gasteiger partial charge on any atom is -0.00201 e. The van der Waals surface area contributed by atoms with E-state index in [9.17, 15) is 0 Å². The fourth-order valence-corrected chi connectivity index (χ4v) is 8.99. The molecule has 0 aromatic heterocycles. The van der Waals surface area contributed by atoms with Crippen molar-refractivity contribution < 1.29 is 0 Å². The first-order valence-corrected chi connectivity index (χ1v) is 18.8. The van der Waals surface area contributed by atoms with E-state index in [2.05, 4.69) is 206 Å². The summed E-state index contributed by atoms with van der Waals surface area (Å²) in [4.78, 5) is 0. The van der Waals surface area contributed by atoms with Gasteiger partial charge in [0.05, 0.1) is 0 Å². The Morgan fingerprint density at radius 3 is 1.39 bits per heavy atom. The van der Waals surface area contributed by atoms with Crippen molar-refractivity contribution in [2.75, 3.05) is 0 Å². The van der Waals surface area contributed by atoms with E-state index in [1.165, 1.54) is 109 Å². The Labute approximate surface area is 314 Å². The van der Waals surface area contributed by atoms with Crippen LogP contribution in [0.2, 0.25) is 0 Å². The van der Waals surface area contributed by atoms with Crippen molar-refractivity contribution in [1.29, 1.82) is 0 Å². The molecule has 250 valence electrons. The van der Waals surface area contributed by atoms with Crippen molar-refractivity contribution in [3.05, 3.63) is 206 Å². The lowest BCUT2D eigenvalue weighted by Gasteiger charge is -2.19. The first-order valence-electron chi connectivity index (χ1n) is 18.8. The first kappa shape index (κ1) is 30.6. The van der Waals surface area contributed by atoms with Gasteiger partial charge in [0.25, 0.3) is 0 Å². The second-order valence-electron chi connectivity index (χ2n) is 14.4. The summed E-state index contributed by atoms with van der Waals surface area (Å²) in [6.07, 6.45) is 0. The number of fused-ring (bicyclic) bond motifs is 7. The molecule has 0 amide bonds. The summed E-state index contributed by atoms with van der Waals surface area (Å²) >= 11 is 0. The van der Waals surface area contributed by atoms with Crippen LogP contribution < -0.4 is 0 Å². The molecule has 0 heterocycles. The second-order valence-corrected chi connectivity index (χ2v) is 14.4. The predicted molar refractivity (Wildman–Crippen MR) is 233 cm³/mol. The maximum atomic E-state index is 2.40. The third-order valence-electron chi connectivity index (χ3n) is 11.4. The molecule has 0 atom stereocenters. The molecule has 0 spiro atoms. The van der Waals surface area contributed by atoms with Crippen molar-refractivity contribution in [3.8, 4) is 44.5 Å². The van der Waals surface area contributed by atoms with Crippen LogP contribution in [0.3, 0.4) is 0 Å². The first-order chi connectivity index (χ1) is 26.8. The average molecular weight is 683 g/mol. The van der Waals surface area contributed by atoms with Crippen LogP contribution in [0, 0.1) is 0 Å². The van der Waals surface area contributed by atoms with E-state index in [1.807, 2.05) is 0 Å². The van der Waals surface area contributed by atoms with Gasteiger partial charge in [-0.25, -0.2) is 0 Å². The van der Waals surface area contributed by atoms with Gasteiger partial charge in [0.1, 0.15) is 0 Å². The molecule has 0 aliphatic carbocycles. The molecule has 0 heteroatoms. The monoisotopic (exact) mass is 682 g/mol. The zero-order chi connectivity index (χ0) is 35.6. The fourth-order valence-electron chi connectivity index (χ4n) is 8.99. The summed E-state index contributed by atoms with van der Waals surface area (Å²) in [6, 6.07) is 76.1. The van der Waals surface area contributed by atoms with E-state index in [1.54, 1.807) is 0 Å². The Kier molecular flexibility index (Phi) is 6.97. The molecule has 0 N–H and O–H groups in total.